The molecule has 5 nitrogen and oxygen atoms in total. The van der Waals surface area contributed by atoms with Crippen LogP contribution in [0.5, 0.6) is 11.5 Å². The standard InChI is InChI=1S/C24H23NO4S/c1-3-28-22-15-18(8-12-20(26)23-5-4-14-30-23)9-13-21(22)29-16-24(27)25-19-10-6-17(2)7-11-19/h4-15H,3,16H2,1-2H3,(H,25,27)/b12-8+. The van der Waals surface area contributed by atoms with Crippen molar-refractivity contribution in [3.8, 4) is 11.5 Å². The summed E-state index contributed by atoms with van der Waals surface area (Å²) in [5.41, 5.74) is 2.65. The predicted octanol–water partition coefficient (Wildman–Crippen LogP) is 5.37. The van der Waals surface area contributed by atoms with Gasteiger partial charge in [0.05, 0.1) is 11.5 Å². The SMILES string of the molecule is CCOc1cc(/C=C/C(=O)c2cccs2)ccc1OCC(=O)Nc1ccc(C)cc1. The Kier molecular flexibility index (Phi) is 7.40. The molecular formula is C24H23NO4S. The number of carbonyl (C=O) groups excluding carboxylic acids is 2. The molecular weight excluding hydrogens is 398 g/mol. The molecule has 0 radical (unpaired) electrons. The number of nitrogens with one attached hydrogen (secondary N) is 1. The van der Waals surface area contributed by atoms with Crippen LogP contribution in [0.25, 0.3) is 6.08 Å². The van der Waals surface area contributed by atoms with E-state index >= 15 is 0 Å². The third kappa shape index (κ3) is 6.06. The molecule has 1 heterocycles. The second-order valence-corrected chi connectivity index (χ2v) is 7.46. The Morgan fingerprint density at radius 1 is 1.03 bits per heavy atom. The van der Waals surface area contributed by atoms with Gasteiger partial charge in [0.25, 0.3) is 5.91 Å². The number of carbonyl (C=O) groups is 2. The second-order valence-electron chi connectivity index (χ2n) is 6.52. The van der Waals surface area contributed by atoms with E-state index in [1.165, 1.54) is 17.4 Å². The zero-order valence-electron chi connectivity index (χ0n) is 16.9. The van der Waals surface area contributed by atoms with Crippen LogP contribution in [0.3, 0.4) is 0 Å². The molecule has 0 unspecified atom stereocenters. The maximum Gasteiger partial charge on any atom is 0.262 e. The van der Waals surface area contributed by atoms with Crippen LogP contribution in [0.1, 0.15) is 27.7 Å². The minimum Gasteiger partial charge on any atom is -0.490 e. The maximum absolute atomic E-state index is 12.2. The van der Waals surface area contributed by atoms with Crippen molar-refractivity contribution in [1.29, 1.82) is 0 Å². The molecule has 0 aliphatic heterocycles. The summed E-state index contributed by atoms with van der Waals surface area (Å²) in [7, 11) is 0. The number of rotatable bonds is 9. The fraction of sp³-hybridized carbons (Fsp3) is 0.167. The number of hydrogen-bond acceptors (Lipinski definition) is 5. The Hall–Kier alpha value is -3.38. The smallest absolute Gasteiger partial charge is 0.262 e. The Labute approximate surface area is 180 Å². The number of aryl methyl sites for hydroxylation is 1. The van der Waals surface area contributed by atoms with Gasteiger partial charge in [0.15, 0.2) is 23.9 Å². The van der Waals surface area contributed by atoms with Crippen LogP contribution in [0.15, 0.2) is 66.1 Å². The van der Waals surface area contributed by atoms with Crippen LogP contribution >= 0.6 is 11.3 Å². The highest BCUT2D eigenvalue weighted by atomic mass is 32.1. The number of anilines is 1. The molecule has 1 N–H and O–H groups in total. The predicted molar refractivity (Wildman–Crippen MR) is 121 cm³/mol. The third-order valence-corrected chi connectivity index (χ3v) is 5.04. The number of allylic oxidation sites excluding steroid dienone is 1. The van der Waals surface area contributed by atoms with E-state index in [4.69, 9.17) is 9.47 Å². The zero-order chi connectivity index (χ0) is 21.3. The molecule has 0 saturated carbocycles. The Balaban J connectivity index is 1.63. The van der Waals surface area contributed by atoms with Gasteiger partial charge in [-0.15, -0.1) is 11.3 Å². The van der Waals surface area contributed by atoms with Crippen molar-refractivity contribution in [2.75, 3.05) is 18.5 Å². The largest absolute Gasteiger partial charge is 0.490 e. The molecule has 30 heavy (non-hydrogen) atoms. The first-order valence-electron chi connectivity index (χ1n) is 9.57. The highest BCUT2D eigenvalue weighted by molar-refractivity contribution is 7.12. The fourth-order valence-corrected chi connectivity index (χ4v) is 3.31. The molecule has 1 amide bonds. The summed E-state index contributed by atoms with van der Waals surface area (Å²) < 4.78 is 11.3. The van der Waals surface area contributed by atoms with Crippen LogP contribution < -0.4 is 14.8 Å². The van der Waals surface area contributed by atoms with Gasteiger partial charge in [-0.2, -0.15) is 0 Å². The highest BCUT2D eigenvalue weighted by Crippen LogP contribution is 2.29. The molecule has 154 valence electrons. The topological polar surface area (TPSA) is 64.6 Å². The quantitative estimate of drug-likeness (QED) is 0.373. The zero-order valence-corrected chi connectivity index (χ0v) is 17.7. The molecule has 0 saturated heterocycles. The van der Waals surface area contributed by atoms with Gasteiger partial charge in [0.2, 0.25) is 0 Å². The first-order valence-corrected chi connectivity index (χ1v) is 10.4. The van der Waals surface area contributed by atoms with Crippen LogP contribution in [0, 0.1) is 6.92 Å². The molecule has 0 aliphatic carbocycles. The van der Waals surface area contributed by atoms with Crippen LogP contribution in [-0.2, 0) is 4.79 Å². The minimum absolute atomic E-state index is 0.0453. The second kappa shape index (κ2) is 10.4. The minimum atomic E-state index is -0.258. The van der Waals surface area contributed by atoms with E-state index in [-0.39, 0.29) is 18.3 Å². The van der Waals surface area contributed by atoms with Gasteiger partial charge in [0, 0.05) is 5.69 Å². The molecule has 0 spiro atoms. The van der Waals surface area contributed by atoms with Crippen molar-refractivity contribution in [3.05, 3.63) is 82.1 Å². The lowest BCUT2D eigenvalue weighted by Gasteiger charge is -2.13. The molecule has 1 aromatic heterocycles. The number of benzene rings is 2. The van der Waals surface area contributed by atoms with Crippen molar-refractivity contribution >= 4 is 34.8 Å². The van der Waals surface area contributed by atoms with E-state index in [1.54, 1.807) is 24.3 Å². The summed E-state index contributed by atoms with van der Waals surface area (Å²) in [6.45, 7) is 4.17. The van der Waals surface area contributed by atoms with Gasteiger partial charge in [-0.05, 0) is 61.2 Å². The van der Waals surface area contributed by atoms with Gasteiger partial charge in [-0.25, -0.2) is 0 Å². The lowest BCUT2D eigenvalue weighted by Crippen LogP contribution is -2.20. The molecule has 0 atom stereocenters. The number of amides is 1. The van der Waals surface area contributed by atoms with E-state index < -0.39 is 0 Å². The van der Waals surface area contributed by atoms with Crippen LogP contribution in [0.2, 0.25) is 0 Å². The summed E-state index contributed by atoms with van der Waals surface area (Å²) in [6, 6.07) is 16.5. The number of ketones is 1. The van der Waals surface area contributed by atoms with E-state index in [1.807, 2.05) is 55.6 Å². The summed E-state index contributed by atoms with van der Waals surface area (Å²) in [6.07, 6.45) is 3.27. The Bertz CT molecular complexity index is 1020. The maximum atomic E-state index is 12.2. The van der Waals surface area contributed by atoms with Gasteiger partial charge in [0.1, 0.15) is 0 Å². The number of thiophene rings is 1. The number of hydrogen-bond donors (Lipinski definition) is 1. The van der Waals surface area contributed by atoms with Crippen molar-refractivity contribution in [2.24, 2.45) is 0 Å². The Morgan fingerprint density at radius 3 is 2.53 bits per heavy atom. The van der Waals surface area contributed by atoms with E-state index in [0.29, 0.717) is 23.0 Å². The van der Waals surface area contributed by atoms with Gasteiger partial charge in [-0.1, -0.05) is 35.9 Å². The summed E-state index contributed by atoms with van der Waals surface area (Å²) in [5, 5.41) is 4.67. The lowest BCUT2D eigenvalue weighted by atomic mass is 10.1. The summed E-state index contributed by atoms with van der Waals surface area (Å²) in [4.78, 5) is 25.0. The average Bonchev–Trinajstić information content (AvgIpc) is 3.28. The molecule has 2 aromatic carbocycles. The lowest BCUT2D eigenvalue weighted by molar-refractivity contribution is -0.118. The third-order valence-electron chi connectivity index (χ3n) is 4.15. The Morgan fingerprint density at radius 2 is 1.83 bits per heavy atom. The van der Waals surface area contributed by atoms with E-state index in [9.17, 15) is 9.59 Å². The van der Waals surface area contributed by atoms with Gasteiger partial charge >= 0.3 is 0 Å². The monoisotopic (exact) mass is 421 g/mol. The van der Waals surface area contributed by atoms with E-state index in [2.05, 4.69) is 5.32 Å². The van der Waals surface area contributed by atoms with Gasteiger partial charge < -0.3 is 14.8 Å². The van der Waals surface area contributed by atoms with Crippen molar-refractivity contribution < 1.29 is 19.1 Å². The molecule has 0 bridgehead atoms. The average molecular weight is 422 g/mol. The summed E-state index contributed by atoms with van der Waals surface area (Å²) in [5.74, 6) is 0.687. The van der Waals surface area contributed by atoms with Crippen molar-refractivity contribution in [2.45, 2.75) is 13.8 Å². The van der Waals surface area contributed by atoms with Crippen molar-refractivity contribution in [1.82, 2.24) is 0 Å². The first-order chi connectivity index (χ1) is 14.5. The molecule has 0 aliphatic rings. The molecule has 3 rings (SSSR count). The fourth-order valence-electron chi connectivity index (χ4n) is 2.67. The molecule has 3 aromatic rings. The highest BCUT2D eigenvalue weighted by Gasteiger charge is 2.10. The molecule has 6 heteroatoms. The first kappa shape index (κ1) is 21.3. The molecule has 0 fully saturated rings. The van der Waals surface area contributed by atoms with E-state index in [0.717, 1.165) is 16.8 Å². The summed E-state index contributed by atoms with van der Waals surface area (Å²) >= 11 is 1.41. The normalized spacial score (nSPS) is 10.7. The van der Waals surface area contributed by atoms with Crippen LogP contribution in [-0.4, -0.2) is 24.9 Å². The van der Waals surface area contributed by atoms with Gasteiger partial charge in [-0.3, -0.25) is 9.59 Å². The number of ether oxygens (including phenoxy) is 2. The van der Waals surface area contributed by atoms with Crippen molar-refractivity contribution in [3.63, 3.8) is 0 Å². The van der Waals surface area contributed by atoms with Crippen LogP contribution in [0.4, 0.5) is 5.69 Å².